The lowest BCUT2D eigenvalue weighted by Crippen LogP contribution is -2.46. The molecule has 1 heterocycles. The van der Waals surface area contributed by atoms with E-state index in [4.69, 9.17) is 14.6 Å². The van der Waals surface area contributed by atoms with Crippen molar-refractivity contribution < 1.29 is 29.0 Å². The van der Waals surface area contributed by atoms with E-state index in [0.29, 0.717) is 19.4 Å². The van der Waals surface area contributed by atoms with E-state index in [1.807, 2.05) is 24.3 Å². The minimum absolute atomic E-state index is 0.0368. The molecular formula is C26H30N2O6. The summed E-state index contributed by atoms with van der Waals surface area (Å²) >= 11 is 0. The highest BCUT2D eigenvalue weighted by Gasteiger charge is 2.36. The van der Waals surface area contributed by atoms with Gasteiger partial charge in [0, 0.05) is 12.5 Å². The van der Waals surface area contributed by atoms with Gasteiger partial charge in [0.25, 0.3) is 0 Å². The Balaban J connectivity index is 1.28. The van der Waals surface area contributed by atoms with Gasteiger partial charge in [-0.15, -0.1) is 0 Å². The zero-order valence-electron chi connectivity index (χ0n) is 19.2. The molecule has 2 aliphatic rings. The molecule has 4 rings (SSSR count). The molecule has 8 nitrogen and oxygen atoms in total. The molecule has 0 aromatic heterocycles. The van der Waals surface area contributed by atoms with Gasteiger partial charge in [0.15, 0.2) is 0 Å². The van der Waals surface area contributed by atoms with Gasteiger partial charge in [0.2, 0.25) is 5.91 Å². The van der Waals surface area contributed by atoms with E-state index in [9.17, 15) is 14.4 Å². The van der Waals surface area contributed by atoms with Crippen LogP contribution in [0.4, 0.5) is 4.79 Å². The van der Waals surface area contributed by atoms with E-state index >= 15 is 0 Å². The topological polar surface area (TPSA) is 114 Å². The summed E-state index contributed by atoms with van der Waals surface area (Å²) < 4.78 is 11.0. The third-order valence-corrected chi connectivity index (χ3v) is 6.60. The van der Waals surface area contributed by atoms with Crippen LogP contribution in [-0.2, 0) is 19.1 Å². The Kier molecular flexibility index (Phi) is 7.47. The zero-order chi connectivity index (χ0) is 24.1. The van der Waals surface area contributed by atoms with Gasteiger partial charge in [0.1, 0.15) is 6.61 Å². The van der Waals surface area contributed by atoms with Gasteiger partial charge in [-0.1, -0.05) is 55.5 Å². The molecule has 1 aliphatic carbocycles. The second-order valence-electron chi connectivity index (χ2n) is 8.89. The second kappa shape index (κ2) is 10.7. The van der Waals surface area contributed by atoms with Gasteiger partial charge in [0.05, 0.1) is 31.1 Å². The highest BCUT2D eigenvalue weighted by atomic mass is 16.5. The van der Waals surface area contributed by atoms with Crippen molar-refractivity contribution in [3.05, 3.63) is 59.7 Å². The van der Waals surface area contributed by atoms with Gasteiger partial charge in [-0.05, 0) is 35.1 Å². The summed E-state index contributed by atoms with van der Waals surface area (Å²) in [5.41, 5.74) is 4.59. The molecule has 0 radical (unpaired) electrons. The average Bonchev–Trinajstić information content (AvgIpc) is 3.42. The van der Waals surface area contributed by atoms with Crippen molar-refractivity contribution in [2.75, 3.05) is 26.4 Å². The minimum Gasteiger partial charge on any atom is -0.481 e. The lowest BCUT2D eigenvalue weighted by atomic mass is 9.98. The SMILES string of the molecule is CC(CCCNC(=O)C1COCC1NC(=O)OCC1c2ccccc2-c2ccccc21)C(=O)O. The Bertz CT molecular complexity index is 1010. The quantitative estimate of drug-likeness (QED) is 0.489. The molecule has 0 spiro atoms. The normalized spacial score (nSPS) is 19.7. The number of hydrogen-bond acceptors (Lipinski definition) is 5. The van der Waals surface area contributed by atoms with Crippen molar-refractivity contribution in [2.45, 2.75) is 31.7 Å². The van der Waals surface area contributed by atoms with Crippen molar-refractivity contribution in [1.29, 1.82) is 0 Å². The predicted octanol–water partition coefficient (Wildman–Crippen LogP) is 3.16. The highest BCUT2D eigenvalue weighted by molar-refractivity contribution is 5.81. The first-order chi connectivity index (χ1) is 16.5. The number of aliphatic carboxylic acids is 1. The summed E-state index contributed by atoms with van der Waals surface area (Å²) in [5, 5.41) is 14.5. The van der Waals surface area contributed by atoms with E-state index in [1.165, 1.54) is 0 Å². The van der Waals surface area contributed by atoms with E-state index in [-0.39, 0.29) is 31.6 Å². The lowest BCUT2D eigenvalue weighted by Gasteiger charge is -2.20. The summed E-state index contributed by atoms with van der Waals surface area (Å²) in [6.07, 6.45) is 0.473. The van der Waals surface area contributed by atoms with Crippen LogP contribution in [0.3, 0.4) is 0 Å². The molecular weight excluding hydrogens is 436 g/mol. The Hall–Kier alpha value is -3.39. The van der Waals surface area contributed by atoms with Crippen LogP contribution < -0.4 is 10.6 Å². The van der Waals surface area contributed by atoms with Crippen molar-refractivity contribution in [3.8, 4) is 11.1 Å². The number of carboxylic acids is 1. The van der Waals surface area contributed by atoms with Gasteiger partial charge in [-0.3, -0.25) is 9.59 Å². The summed E-state index contributed by atoms with van der Waals surface area (Å²) in [6.45, 7) is 2.67. The third kappa shape index (κ3) is 5.22. The largest absolute Gasteiger partial charge is 0.481 e. The number of fused-ring (bicyclic) bond motifs is 3. The molecule has 0 bridgehead atoms. The van der Waals surface area contributed by atoms with Gasteiger partial charge < -0.3 is 25.2 Å². The maximum atomic E-state index is 12.6. The van der Waals surface area contributed by atoms with Crippen LogP contribution in [0.1, 0.15) is 36.8 Å². The Morgan fingerprint density at radius 1 is 1.06 bits per heavy atom. The third-order valence-electron chi connectivity index (χ3n) is 6.60. The number of rotatable bonds is 9. The molecule has 2 aromatic carbocycles. The molecule has 8 heteroatoms. The fourth-order valence-electron chi connectivity index (χ4n) is 4.62. The predicted molar refractivity (Wildman–Crippen MR) is 125 cm³/mol. The number of carbonyl (C=O) groups excluding carboxylic acids is 2. The smallest absolute Gasteiger partial charge is 0.407 e. The number of ether oxygens (including phenoxy) is 2. The van der Waals surface area contributed by atoms with Gasteiger partial charge in [-0.25, -0.2) is 4.79 Å². The fraction of sp³-hybridized carbons (Fsp3) is 0.423. The molecule has 3 unspecified atom stereocenters. The molecule has 3 atom stereocenters. The highest BCUT2D eigenvalue weighted by Crippen LogP contribution is 2.44. The van der Waals surface area contributed by atoms with Crippen LogP contribution in [-0.4, -0.2) is 55.5 Å². The van der Waals surface area contributed by atoms with Crippen LogP contribution in [0.15, 0.2) is 48.5 Å². The Morgan fingerprint density at radius 2 is 1.71 bits per heavy atom. The average molecular weight is 467 g/mol. The van der Waals surface area contributed by atoms with Crippen LogP contribution in [0.25, 0.3) is 11.1 Å². The van der Waals surface area contributed by atoms with Gasteiger partial charge in [-0.2, -0.15) is 0 Å². The number of carboxylic acid groups (broad SMARTS) is 1. The number of carbonyl (C=O) groups is 3. The molecule has 2 aromatic rings. The summed E-state index contributed by atoms with van der Waals surface area (Å²) in [4.78, 5) is 36.0. The van der Waals surface area contributed by atoms with E-state index in [0.717, 1.165) is 22.3 Å². The van der Waals surface area contributed by atoms with Crippen LogP contribution in [0, 0.1) is 11.8 Å². The Morgan fingerprint density at radius 3 is 2.35 bits per heavy atom. The number of alkyl carbamates (subject to hydrolysis) is 1. The standard InChI is InChI=1S/C26H30N2O6/c1-16(25(30)31)7-6-12-27-24(29)22-13-33-15-23(22)28-26(32)34-14-21-19-10-4-2-8-17(19)18-9-3-5-11-20(18)21/h2-5,8-11,16,21-23H,6-7,12-15H2,1H3,(H,27,29)(H,28,32)(H,30,31). The van der Waals surface area contributed by atoms with E-state index in [1.54, 1.807) is 6.92 Å². The summed E-state index contributed by atoms with van der Waals surface area (Å²) in [6, 6.07) is 15.8. The monoisotopic (exact) mass is 466 g/mol. The number of hydrogen-bond donors (Lipinski definition) is 3. The first-order valence-electron chi connectivity index (χ1n) is 11.7. The first-order valence-corrected chi connectivity index (χ1v) is 11.7. The number of amides is 2. The number of benzene rings is 2. The van der Waals surface area contributed by atoms with Crippen LogP contribution in [0.2, 0.25) is 0 Å². The molecule has 1 saturated heterocycles. The van der Waals surface area contributed by atoms with Crippen molar-refractivity contribution >= 4 is 18.0 Å². The fourth-order valence-corrected chi connectivity index (χ4v) is 4.62. The molecule has 0 saturated carbocycles. The maximum Gasteiger partial charge on any atom is 0.407 e. The molecule has 3 N–H and O–H groups in total. The summed E-state index contributed by atoms with van der Waals surface area (Å²) in [5.74, 6) is -2.07. The van der Waals surface area contributed by atoms with Crippen molar-refractivity contribution in [1.82, 2.24) is 10.6 Å². The number of nitrogens with one attached hydrogen (secondary N) is 2. The minimum atomic E-state index is -0.845. The molecule has 34 heavy (non-hydrogen) atoms. The molecule has 180 valence electrons. The summed E-state index contributed by atoms with van der Waals surface area (Å²) in [7, 11) is 0. The van der Waals surface area contributed by atoms with Crippen LogP contribution >= 0.6 is 0 Å². The molecule has 1 aliphatic heterocycles. The molecule has 2 amide bonds. The molecule has 1 fully saturated rings. The first kappa shape index (κ1) is 23.8. The van der Waals surface area contributed by atoms with Gasteiger partial charge >= 0.3 is 12.1 Å². The Labute approximate surface area is 198 Å². The van der Waals surface area contributed by atoms with Crippen molar-refractivity contribution in [2.24, 2.45) is 11.8 Å². The zero-order valence-corrected chi connectivity index (χ0v) is 19.2. The maximum absolute atomic E-state index is 12.6. The second-order valence-corrected chi connectivity index (χ2v) is 8.89. The lowest BCUT2D eigenvalue weighted by molar-refractivity contribution is -0.141. The van der Waals surface area contributed by atoms with E-state index in [2.05, 4.69) is 34.9 Å². The van der Waals surface area contributed by atoms with Crippen LogP contribution in [0.5, 0.6) is 0 Å². The van der Waals surface area contributed by atoms with E-state index < -0.39 is 29.9 Å². The van der Waals surface area contributed by atoms with Crippen molar-refractivity contribution in [3.63, 3.8) is 0 Å².